The summed E-state index contributed by atoms with van der Waals surface area (Å²) >= 11 is 0. The first-order chi connectivity index (χ1) is 7.16. The molecule has 0 aromatic heterocycles. The Kier molecular flexibility index (Phi) is 8.61. The second kappa shape index (κ2) is 9.36. The molecule has 0 N–H and O–H groups in total. The summed E-state index contributed by atoms with van der Waals surface area (Å²) in [4.78, 5) is 20.0. The number of hydrogen-bond donors (Lipinski definition) is 0. The van der Waals surface area contributed by atoms with E-state index in [4.69, 9.17) is 0 Å². The lowest BCUT2D eigenvalue weighted by molar-refractivity contribution is -0.144. The van der Waals surface area contributed by atoms with Crippen LogP contribution in [0.15, 0.2) is 0 Å². The van der Waals surface area contributed by atoms with Crippen molar-refractivity contribution in [3.05, 3.63) is 0 Å². The summed E-state index contributed by atoms with van der Waals surface area (Å²) in [6.07, 6.45) is 0.901. The van der Waals surface area contributed by atoms with Crippen LogP contribution >= 0.6 is 0 Å². The Labute approximate surface area is 86.5 Å². The van der Waals surface area contributed by atoms with Gasteiger partial charge in [0, 0.05) is 0 Å². The van der Waals surface area contributed by atoms with Crippen LogP contribution in [0.2, 0.25) is 0 Å². The molecule has 0 saturated heterocycles. The van der Waals surface area contributed by atoms with Crippen LogP contribution in [-0.4, -0.2) is 32.1 Å². The number of rotatable bonds is 8. The van der Waals surface area contributed by atoms with Gasteiger partial charge in [0.1, 0.15) is 0 Å². The van der Waals surface area contributed by atoms with Gasteiger partial charge in [-0.3, -0.25) is 0 Å². The van der Waals surface area contributed by atoms with E-state index in [0.29, 0.717) is 12.8 Å². The van der Waals surface area contributed by atoms with Gasteiger partial charge in [-0.2, -0.15) is 0 Å². The quantitative estimate of drug-likeness (QED) is 0.360. The highest BCUT2D eigenvalue weighted by Crippen LogP contribution is 2.01. The number of alkyl halides is 1. The minimum Gasteiger partial charge on any atom is -0.464 e. The van der Waals surface area contributed by atoms with Crippen LogP contribution in [0, 0.1) is 0 Å². The SMILES string of the molecule is O=C(F)OCCCCCCOC(=O)CF. The summed E-state index contributed by atoms with van der Waals surface area (Å²) in [7, 11) is 0. The number of unbranched alkanes of at least 4 members (excludes halogenated alkanes) is 3. The van der Waals surface area contributed by atoms with Gasteiger partial charge in [0.15, 0.2) is 6.67 Å². The molecule has 0 aromatic rings. The van der Waals surface area contributed by atoms with Gasteiger partial charge in [-0.25, -0.2) is 14.0 Å². The van der Waals surface area contributed by atoms with Crippen molar-refractivity contribution in [1.82, 2.24) is 0 Å². The third-order valence-corrected chi connectivity index (χ3v) is 1.63. The van der Waals surface area contributed by atoms with Crippen molar-refractivity contribution < 1.29 is 27.8 Å². The molecule has 6 heteroatoms. The Morgan fingerprint density at radius 1 is 0.933 bits per heavy atom. The van der Waals surface area contributed by atoms with Crippen LogP contribution < -0.4 is 0 Å². The van der Waals surface area contributed by atoms with Gasteiger partial charge in [0.05, 0.1) is 13.2 Å². The van der Waals surface area contributed by atoms with Crippen LogP contribution in [0.5, 0.6) is 0 Å². The molecule has 0 amide bonds. The minimum absolute atomic E-state index is 0.0552. The predicted molar refractivity (Wildman–Crippen MR) is 47.9 cm³/mol. The third-order valence-electron chi connectivity index (χ3n) is 1.63. The Hall–Kier alpha value is -1.20. The van der Waals surface area contributed by atoms with E-state index in [1.165, 1.54) is 0 Å². The van der Waals surface area contributed by atoms with Gasteiger partial charge in [0.2, 0.25) is 0 Å². The summed E-state index contributed by atoms with van der Waals surface area (Å²) in [6, 6.07) is 0. The zero-order valence-corrected chi connectivity index (χ0v) is 8.34. The molecule has 88 valence electrons. The molecule has 4 nitrogen and oxygen atoms in total. The van der Waals surface area contributed by atoms with Crippen LogP contribution in [0.3, 0.4) is 0 Å². The monoisotopic (exact) mass is 224 g/mol. The first kappa shape index (κ1) is 13.8. The molecular formula is C9H14F2O4. The van der Waals surface area contributed by atoms with E-state index in [0.717, 1.165) is 12.8 Å². The molecule has 15 heavy (non-hydrogen) atoms. The molecular weight excluding hydrogens is 210 g/mol. The van der Waals surface area contributed by atoms with Crippen LogP contribution in [0.25, 0.3) is 0 Å². The summed E-state index contributed by atoms with van der Waals surface area (Å²) in [5, 5.41) is 0. The lowest BCUT2D eigenvalue weighted by atomic mass is 10.2. The molecule has 0 rings (SSSR count). The average molecular weight is 224 g/mol. The molecule has 0 atom stereocenters. The molecule has 0 aliphatic rings. The van der Waals surface area contributed by atoms with E-state index in [9.17, 15) is 18.4 Å². The highest BCUT2D eigenvalue weighted by Gasteiger charge is 2.00. The Morgan fingerprint density at radius 3 is 1.93 bits per heavy atom. The Bertz CT molecular complexity index is 197. The lowest BCUT2D eigenvalue weighted by Gasteiger charge is -2.02. The van der Waals surface area contributed by atoms with Gasteiger partial charge in [-0.15, -0.1) is 4.39 Å². The predicted octanol–water partition coefficient (Wildman–Crippen LogP) is 2.17. The topological polar surface area (TPSA) is 52.6 Å². The van der Waals surface area contributed by atoms with Crippen molar-refractivity contribution in [2.24, 2.45) is 0 Å². The van der Waals surface area contributed by atoms with E-state index in [-0.39, 0.29) is 13.2 Å². The lowest BCUT2D eigenvalue weighted by Crippen LogP contribution is -2.07. The van der Waals surface area contributed by atoms with Crippen molar-refractivity contribution >= 4 is 12.2 Å². The molecule has 0 saturated carbocycles. The highest BCUT2D eigenvalue weighted by molar-refractivity contribution is 5.70. The second-order valence-electron chi connectivity index (χ2n) is 2.85. The zero-order valence-electron chi connectivity index (χ0n) is 8.34. The van der Waals surface area contributed by atoms with Crippen LogP contribution in [0.1, 0.15) is 25.7 Å². The maximum absolute atomic E-state index is 11.6. The number of hydrogen-bond acceptors (Lipinski definition) is 4. The van der Waals surface area contributed by atoms with Gasteiger partial charge in [-0.05, 0) is 25.7 Å². The summed E-state index contributed by atoms with van der Waals surface area (Å²) in [6.45, 7) is -0.863. The highest BCUT2D eigenvalue weighted by atomic mass is 19.1. The number of ether oxygens (including phenoxy) is 2. The maximum Gasteiger partial charge on any atom is 0.495 e. The Balaban J connectivity index is 3.05. The fourth-order valence-electron chi connectivity index (χ4n) is 0.935. The third kappa shape index (κ3) is 10.7. The fourth-order valence-corrected chi connectivity index (χ4v) is 0.935. The second-order valence-corrected chi connectivity index (χ2v) is 2.85. The van der Waals surface area contributed by atoms with Crippen molar-refractivity contribution in [3.8, 4) is 0 Å². The van der Waals surface area contributed by atoms with E-state index in [1.807, 2.05) is 0 Å². The number of halogens is 2. The van der Waals surface area contributed by atoms with Crippen molar-refractivity contribution in [2.45, 2.75) is 25.7 Å². The summed E-state index contributed by atoms with van der Waals surface area (Å²) < 4.78 is 31.6. The number of carbonyl (C=O) groups is 2. The average Bonchev–Trinajstić information content (AvgIpc) is 2.21. The van der Waals surface area contributed by atoms with Gasteiger partial charge < -0.3 is 9.47 Å². The maximum atomic E-state index is 11.6. The fraction of sp³-hybridized carbons (Fsp3) is 0.778. The van der Waals surface area contributed by atoms with Gasteiger partial charge >= 0.3 is 12.2 Å². The van der Waals surface area contributed by atoms with E-state index in [1.54, 1.807) is 0 Å². The molecule has 0 bridgehead atoms. The Morgan fingerprint density at radius 2 is 1.47 bits per heavy atom. The number of esters is 1. The van der Waals surface area contributed by atoms with E-state index < -0.39 is 18.9 Å². The van der Waals surface area contributed by atoms with Gasteiger partial charge in [0.25, 0.3) is 0 Å². The number of carbonyl (C=O) groups excluding carboxylic acids is 2. The van der Waals surface area contributed by atoms with Crippen LogP contribution in [-0.2, 0) is 14.3 Å². The first-order valence-electron chi connectivity index (χ1n) is 4.70. The van der Waals surface area contributed by atoms with Crippen molar-refractivity contribution in [1.29, 1.82) is 0 Å². The van der Waals surface area contributed by atoms with E-state index in [2.05, 4.69) is 9.47 Å². The largest absolute Gasteiger partial charge is 0.495 e. The van der Waals surface area contributed by atoms with E-state index >= 15 is 0 Å². The van der Waals surface area contributed by atoms with Crippen molar-refractivity contribution in [2.75, 3.05) is 19.9 Å². The minimum atomic E-state index is -1.77. The first-order valence-corrected chi connectivity index (χ1v) is 4.70. The molecule has 0 aromatic carbocycles. The standard InChI is InChI=1S/C9H14F2O4/c10-7-8(12)14-5-3-1-2-4-6-15-9(11)13/h1-7H2. The summed E-state index contributed by atoms with van der Waals surface area (Å²) in [5.41, 5.74) is 0. The zero-order chi connectivity index (χ0) is 11.5. The van der Waals surface area contributed by atoms with Crippen LogP contribution in [0.4, 0.5) is 13.6 Å². The molecule has 0 aliphatic heterocycles. The molecule has 0 aliphatic carbocycles. The van der Waals surface area contributed by atoms with Gasteiger partial charge in [-0.1, -0.05) is 0 Å². The summed E-state index contributed by atoms with van der Waals surface area (Å²) in [5.74, 6) is -0.860. The molecule has 0 heterocycles. The normalized spacial score (nSPS) is 9.73. The smallest absolute Gasteiger partial charge is 0.464 e. The molecule has 0 fully saturated rings. The molecule has 0 radical (unpaired) electrons. The van der Waals surface area contributed by atoms with Crippen molar-refractivity contribution in [3.63, 3.8) is 0 Å². The molecule has 0 spiro atoms. The molecule has 0 unspecified atom stereocenters.